The van der Waals surface area contributed by atoms with Crippen molar-refractivity contribution in [2.24, 2.45) is 0 Å². The number of carbonyl (C=O) groups is 1. The Balaban J connectivity index is 1.58. The average molecular weight is 320 g/mol. The number of nitrogens with one attached hydrogen (secondary N) is 2. The molecule has 1 saturated heterocycles. The minimum atomic E-state index is -0.0987. The second kappa shape index (κ2) is 9.40. The van der Waals surface area contributed by atoms with Gasteiger partial charge >= 0.3 is 6.03 Å². The monoisotopic (exact) mass is 320 g/mol. The van der Waals surface area contributed by atoms with Gasteiger partial charge in [0.25, 0.3) is 0 Å². The fraction of sp³-hybridized carbons (Fsp3) is 0.611. The average Bonchev–Trinajstić information content (AvgIpc) is 3.07. The van der Waals surface area contributed by atoms with Crippen molar-refractivity contribution in [3.05, 3.63) is 29.8 Å². The molecule has 0 aliphatic carbocycles. The van der Waals surface area contributed by atoms with Gasteiger partial charge in [0, 0.05) is 19.2 Å². The number of amides is 2. The van der Waals surface area contributed by atoms with E-state index in [1.54, 1.807) is 7.11 Å². The van der Waals surface area contributed by atoms with Crippen LogP contribution in [0.3, 0.4) is 0 Å². The molecule has 2 rings (SSSR count). The van der Waals surface area contributed by atoms with E-state index in [0.29, 0.717) is 12.6 Å². The van der Waals surface area contributed by atoms with Crippen LogP contribution < -0.4 is 15.4 Å². The molecule has 2 atom stereocenters. The van der Waals surface area contributed by atoms with E-state index in [2.05, 4.69) is 10.6 Å². The SMILES string of the molecule is COc1ccc(CCNC(=O)NC(C)CCC2CCCO2)cc1. The van der Waals surface area contributed by atoms with Crippen molar-refractivity contribution < 1.29 is 14.3 Å². The first-order valence-electron chi connectivity index (χ1n) is 8.46. The highest BCUT2D eigenvalue weighted by Gasteiger charge is 2.16. The van der Waals surface area contributed by atoms with Gasteiger partial charge in [-0.05, 0) is 56.7 Å². The molecule has 2 amide bonds. The minimum Gasteiger partial charge on any atom is -0.497 e. The summed E-state index contributed by atoms with van der Waals surface area (Å²) in [5, 5.41) is 5.89. The van der Waals surface area contributed by atoms with Crippen LogP contribution >= 0.6 is 0 Å². The van der Waals surface area contributed by atoms with Gasteiger partial charge in [-0.1, -0.05) is 12.1 Å². The van der Waals surface area contributed by atoms with Crippen molar-refractivity contribution in [3.8, 4) is 5.75 Å². The summed E-state index contributed by atoms with van der Waals surface area (Å²) in [4.78, 5) is 11.9. The van der Waals surface area contributed by atoms with Gasteiger partial charge in [0.15, 0.2) is 0 Å². The maximum atomic E-state index is 11.9. The van der Waals surface area contributed by atoms with E-state index in [4.69, 9.17) is 9.47 Å². The first-order chi connectivity index (χ1) is 11.2. The molecule has 5 heteroatoms. The van der Waals surface area contributed by atoms with Crippen LogP contribution in [-0.4, -0.2) is 38.4 Å². The molecule has 1 aliphatic rings. The highest BCUT2D eigenvalue weighted by Crippen LogP contribution is 2.17. The zero-order valence-electron chi connectivity index (χ0n) is 14.1. The first-order valence-corrected chi connectivity index (χ1v) is 8.46. The second-order valence-corrected chi connectivity index (χ2v) is 6.11. The molecule has 0 radical (unpaired) electrons. The molecule has 2 unspecified atom stereocenters. The molecule has 1 aromatic rings. The van der Waals surface area contributed by atoms with Crippen LogP contribution in [0.15, 0.2) is 24.3 Å². The standard InChI is InChI=1S/C18H28N2O3/c1-14(5-8-17-4-3-13-23-17)20-18(21)19-12-11-15-6-9-16(22-2)10-7-15/h6-7,9-10,14,17H,3-5,8,11-13H2,1-2H3,(H2,19,20,21). The molecule has 0 spiro atoms. The van der Waals surface area contributed by atoms with Gasteiger partial charge in [-0.15, -0.1) is 0 Å². The summed E-state index contributed by atoms with van der Waals surface area (Å²) in [6, 6.07) is 7.97. The van der Waals surface area contributed by atoms with E-state index in [0.717, 1.165) is 38.0 Å². The van der Waals surface area contributed by atoms with E-state index in [9.17, 15) is 4.79 Å². The number of rotatable bonds is 8. The van der Waals surface area contributed by atoms with Gasteiger partial charge in [0.2, 0.25) is 0 Å². The molecule has 1 aliphatic heterocycles. The number of ether oxygens (including phenoxy) is 2. The molecule has 1 heterocycles. The predicted octanol–water partition coefficient (Wildman–Crippen LogP) is 2.88. The Morgan fingerprint density at radius 2 is 2.17 bits per heavy atom. The zero-order chi connectivity index (χ0) is 16.5. The summed E-state index contributed by atoms with van der Waals surface area (Å²) in [5.74, 6) is 0.847. The topological polar surface area (TPSA) is 59.6 Å². The summed E-state index contributed by atoms with van der Waals surface area (Å²) < 4.78 is 10.7. The van der Waals surface area contributed by atoms with Crippen LogP contribution in [0.1, 0.15) is 38.2 Å². The van der Waals surface area contributed by atoms with Crippen molar-refractivity contribution >= 4 is 6.03 Å². The number of carbonyl (C=O) groups excluding carboxylic acids is 1. The highest BCUT2D eigenvalue weighted by atomic mass is 16.5. The van der Waals surface area contributed by atoms with Crippen LogP contribution in [0.4, 0.5) is 4.79 Å². The van der Waals surface area contributed by atoms with Gasteiger partial charge < -0.3 is 20.1 Å². The quantitative estimate of drug-likeness (QED) is 0.774. The largest absolute Gasteiger partial charge is 0.497 e. The fourth-order valence-electron chi connectivity index (χ4n) is 2.77. The maximum Gasteiger partial charge on any atom is 0.315 e. The molecule has 0 bridgehead atoms. The third-order valence-electron chi connectivity index (χ3n) is 4.18. The fourth-order valence-corrected chi connectivity index (χ4v) is 2.77. The number of hydrogen-bond donors (Lipinski definition) is 2. The molecule has 0 aromatic heterocycles. The van der Waals surface area contributed by atoms with Crippen LogP contribution in [-0.2, 0) is 11.2 Å². The van der Waals surface area contributed by atoms with E-state index in [1.165, 1.54) is 12.0 Å². The summed E-state index contributed by atoms with van der Waals surface area (Å²) >= 11 is 0. The third kappa shape index (κ3) is 6.48. The molecule has 1 fully saturated rings. The van der Waals surface area contributed by atoms with Crippen LogP contribution in [0.2, 0.25) is 0 Å². The van der Waals surface area contributed by atoms with Gasteiger partial charge in [0.05, 0.1) is 13.2 Å². The summed E-state index contributed by atoms with van der Waals surface area (Å²) in [5.41, 5.74) is 1.18. The van der Waals surface area contributed by atoms with E-state index in [1.807, 2.05) is 31.2 Å². The van der Waals surface area contributed by atoms with Crippen molar-refractivity contribution in [1.82, 2.24) is 10.6 Å². The normalized spacial score (nSPS) is 18.4. The van der Waals surface area contributed by atoms with E-state index >= 15 is 0 Å². The molecule has 23 heavy (non-hydrogen) atoms. The lowest BCUT2D eigenvalue weighted by molar-refractivity contribution is 0.100. The number of benzene rings is 1. The summed E-state index contributed by atoms with van der Waals surface area (Å²) in [6.07, 6.45) is 5.49. The number of urea groups is 1. The predicted molar refractivity (Wildman–Crippen MR) is 90.9 cm³/mol. The smallest absolute Gasteiger partial charge is 0.315 e. The molecule has 2 N–H and O–H groups in total. The molecule has 1 aromatic carbocycles. The van der Waals surface area contributed by atoms with Crippen LogP contribution in [0, 0.1) is 0 Å². The Kier molecular flexibility index (Phi) is 7.20. The van der Waals surface area contributed by atoms with Crippen LogP contribution in [0.5, 0.6) is 5.75 Å². The molecule has 128 valence electrons. The molecule has 0 saturated carbocycles. The Morgan fingerprint density at radius 3 is 2.83 bits per heavy atom. The molecule has 5 nitrogen and oxygen atoms in total. The van der Waals surface area contributed by atoms with E-state index in [-0.39, 0.29) is 12.1 Å². The number of hydrogen-bond acceptors (Lipinski definition) is 3. The first kappa shape index (κ1) is 17.6. The zero-order valence-corrected chi connectivity index (χ0v) is 14.1. The second-order valence-electron chi connectivity index (χ2n) is 6.11. The van der Waals surface area contributed by atoms with Crippen LogP contribution in [0.25, 0.3) is 0 Å². The molecular formula is C18H28N2O3. The minimum absolute atomic E-state index is 0.0987. The van der Waals surface area contributed by atoms with Gasteiger partial charge in [0.1, 0.15) is 5.75 Å². The Labute approximate surface area is 138 Å². The molecular weight excluding hydrogens is 292 g/mol. The summed E-state index contributed by atoms with van der Waals surface area (Å²) in [7, 11) is 1.65. The number of methoxy groups -OCH3 is 1. The Hall–Kier alpha value is -1.75. The highest BCUT2D eigenvalue weighted by molar-refractivity contribution is 5.74. The van der Waals surface area contributed by atoms with Gasteiger partial charge in [-0.3, -0.25) is 0 Å². The lowest BCUT2D eigenvalue weighted by Gasteiger charge is -2.16. The maximum absolute atomic E-state index is 11.9. The van der Waals surface area contributed by atoms with Gasteiger partial charge in [-0.25, -0.2) is 4.79 Å². The summed E-state index contributed by atoms with van der Waals surface area (Å²) in [6.45, 7) is 3.55. The lowest BCUT2D eigenvalue weighted by atomic mass is 10.1. The van der Waals surface area contributed by atoms with Crippen molar-refractivity contribution in [1.29, 1.82) is 0 Å². The Bertz CT molecular complexity index is 470. The van der Waals surface area contributed by atoms with Crippen molar-refractivity contribution in [2.45, 2.75) is 51.2 Å². The Morgan fingerprint density at radius 1 is 1.39 bits per heavy atom. The van der Waals surface area contributed by atoms with Crippen molar-refractivity contribution in [3.63, 3.8) is 0 Å². The van der Waals surface area contributed by atoms with Gasteiger partial charge in [-0.2, -0.15) is 0 Å². The van der Waals surface area contributed by atoms with E-state index < -0.39 is 0 Å². The van der Waals surface area contributed by atoms with Crippen molar-refractivity contribution in [2.75, 3.05) is 20.3 Å². The third-order valence-corrected chi connectivity index (χ3v) is 4.18. The lowest BCUT2D eigenvalue weighted by Crippen LogP contribution is -2.41.